The number of fused-ring (bicyclic) bond motifs is 1. The van der Waals surface area contributed by atoms with Crippen LogP contribution in [-0.4, -0.2) is 13.9 Å². The molecule has 0 saturated carbocycles. The number of benzene rings is 2. The van der Waals surface area contributed by atoms with Crippen molar-refractivity contribution in [3.63, 3.8) is 0 Å². The molecule has 4 nitrogen and oxygen atoms in total. The maximum Gasteiger partial charge on any atom is 0.231 e. The first kappa shape index (κ1) is 12.8. The number of hydrogen-bond donors (Lipinski definition) is 1. The molecule has 0 spiro atoms. The molecule has 0 atom stereocenters. The average Bonchev–Trinajstić information content (AvgIpc) is 2.96. The molecule has 4 heteroatoms. The molecule has 2 aromatic carbocycles. The van der Waals surface area contributed by atoms with Gasteiger partial charge in [-0.15, -0.1) is 0 Å². The minimum absolute atomic E-state index is 0.257. The minimum Gasteiger partial charge on any atom is -0.493 e. The van der Waals surface area contributed by atoms with Gasteiger partial charge in [0.2, 0.25) is 12.5 Å². The lowest BCUT2D eigenvalue weighted by atomic mass is 10.1. The van der Waals surface area contributed by atoms with Crippen LogP contribution >= 0.6 is 0 Å². The van der Waals surface area contributed by atoms with Crippen LogP contribution in [0, 0.1) is 0 Å². The number of ether oxygens (including phenoxy) is 3. The molecule has 0 fully saturated rings. The van der Waals surface area contributed by atoms with Crippen molar-refractivity contribution in [3.8, 4) is 17.2 Å². The van der Waals surface area contributed by atoms with Crippen molar-refractivity contribution in [1.29, 1.82) is 0 Å². The van der Waals surface area contributed by atoms with E-state index in [4.69, 9.17) is 14.2 Å². The van der Waals surface area contributed by atoms with E-state index in [2.05, 4.69) is 17.4 Å². The average molecular weight is 271 g/mol. The van der Waals surface area contributed by atoms with Crippen LogP contribution in [0.2, 0.25) is 0 Å². The van der Waals surface area contributed by atoms with Crippen LogP contribution in [0.4, 0.5) is 0 Å². The summed E-state index contributed by atoms with van der Waals surface area (Å²) in [6.45, 7) is 1.84. The van der Waals surface area contributed by atoms with Gasteiger partial charge in [-0.2, -0.15) is 0 Å². The zero-order valence-corrected chi connectivity index (χ0v) is 11.4. The van der Waals surface area contributed by atoms with Crippen LogP contribution in [0.15, 0.2) is 42.5 Å². The lowest BCUT2D eigenvalue weighted by Gasteiger charge is -2.09. The monoisotopic (exact) mass is 271 g/mol. The summed E-state index contributed by atoms with van der Waals surface area (Å²) in [7, 11) is 1.64. The molecule has 0 aliphatic carbocycles. The Morgan fingerprint density at radius 1 is 1.05 bits per heavy atom. The van der Waals surface area contributed by atoms with Crippen molar-refractivity contribution in [2.24, 2.45) is 0 Å². The fourth-order valence-electron chi connectivity index (χ4n) is 2.23. The predicted molar refractivity (Wildman–Crippen MR) is 76.1 cm³/mol. The number of rotatable bonds is 5. The first-order valence-electron chi connectivity index (χ1n) is 6.58. The van der Waals surface area contributed by atoms with Gasteiger partial charge in [-0.05, 0) is 23.3 Å². The van der Waals surface area contributed by atoms with Gasteiger partial charge in [-0.25, -0.2) is 0 Å². The Hall–Kier alpha value is -2.20. The molecule has 1 heterocycles. The van der Waals surface area contributed by atoms with Crippen LogP contribution in [0.3, 0.4) is 0 Å². The Labute approximate surface area is 118 Å². The molecule has 104 valence electrons. The normalized spacial score (nSPS) is 12.4. The summed E-state index contributed by atoms with van der Waals surface area (Å²) in [4.78, 5) is 0. The molecule has 20 heavy (non-hydrogen) atoms. The second kappa shape index (κ2) is 5.84. The molecule has 0 amide bonds. The second-order valence-corrected chi connectivity index (χ2v) is 4.62. The summed E-state index contributed by atoms with van der Waals surface area (Å²) >= 11 is 0. The molecule has 0 unspecified atom stereocenters. The summed E-state index contributed by atoms with van der Waals surface area (Å²) in [5.74, 6) is 2.16. The fraction of sp³-hybridized carbons (Fsp3) is 0.250. The van der Waals surface area contributed by atoms with Crippen LogP contribution in [0.1, 0.15) is 11.1 Å². The van der Waals surface area contributed by atoms with Gasteiger partial charge in [0.1, 0.15) is 0 Å². The summed E-state index contributed by atoms with van der Waals surface area (Å²) in [6, 6.07) is 14.3. The Morgan fingerprint density at radius 2 is 1.85 bits per heavy atom. The topological polar surface area (TPSA) is 39.7 Å². The molecule has 0 bridgehead atoms. The smallest absolute Gasteiger partial charge is 0.231 e. The first-order chi connectivity index (χ1) is 9.86. The largest absolute Gasteiger partial charge is 0.493 e. The van der Waals surface area contributed by atoms with Gasteiger partial charge in [0, 0.05) is 13.1 Å². The van der Waals surface area contributed by atoms with Crippen LogP contribution in [0.5, 0.6) is 17.2 Å². The van der Waals surface area contributed by atoms with Gasteiger partial charge in [-0.1, -0.05) is 30.3 Å². The third-order valence-electron chi connectivity index (χ3n) is 3.22. The molecular weight excluding hydrogens is 254 g/mol. The van der Waals surface area contributed by atoms with Gasteiger partial charge in [0.15, 0.2) is 11.5 Å². The van der Waals surface area contributed by atoms with Crippen molar-refractivity contribution < 1.29 is 14.2 Å². The zero-order chi connectivity index (χ0) is 13.8. The van der Waals surface area contributed by atoms with Crippen molar-refractivity contribution in [2.45, 2.75) is 13.1 Å². The standard InChI is InChI=1S/C16H17NO3/c1-18-14-7-13(8-15-16(14)20-11-19-15)10-17-9-12-5-3-2-4-6-12/h2-8,17H,9-11H2,1H3. The summed E-state index contributed by atoms with van der Waals surface area (Å²) in [5.41, 5.74) is 2.38. The van der Waals surface area contributed by atoms with E-state index in [9.17, 15) is 0 Å². The van der Waals surface area contributed by atoms with E-state index in [0.29, 0.717) is 5.75 Å². The van der Waals surface area contributed by atoms with Gasteiger partial charge in [-0.3, -0.25) is 0 Å². The Kier molecular flexibility index (Phi) is 3.74. The predicted octanol–water partition coefficient (Wildman–Crippen LogP) is 2.71. The highest BCUT2D eigenvalue weighted by molar-refractivity contribution is 5.55. The second-order valence-electron chi connectivity index (χ2n) is 4.62. The van der Waals surface area contributed by atoms with E-state index in [1.54, 1.807) is 7.11 Å². The lowest BCUT2D eigenvalue weighted by molar-refractivity contribution is 0.171. The highest BCUT2D eigenvalue weighted by Crippen LogP contribution is 2.41. The van der Waals surface area contributed by atoms with Gasteiger partial charge >= 0.3 is 0 Å². The van der Waals surface area contributed by atoms with Crippen molar-refractivity contribution in [2.75, 3.05) is 13.9 Å². The van der Waals surface area contributed by atoms with E-state index < -0.39 is 0 Å². The molecule has 0 radical (unpaired) electrons. The molecule has 1 aliphatic heterocycles. The first-order valence-corrected chi connectivity index (χ1v) is 6.58. The Bertz CT molecular complexity index is 584. The maximum atomic E-state index is 5.42. The van der Waals surface area contributed by atoms with E-state index >= 15 is 0 Å². The van der Waals surface area contributed by atoms with Gasteiger partial charge in [0.25, 0.3) is 0 Å². The molecule has 2 aromatic rings. The number of nitrogens with one attached hydrogen (secondary N) is 1. The summed E-state index contributed by atoms with van der Waals surface area (Å²) in [6.07, 6.45) is 0. The van der Waals surface area contributed by atoms with E-state index in [1.807, 2.05) is 30.3 Å². The zero-order valence-electron chi connectivity index (χ0n) is 11.4. The molecular formula is C16H17NO3. The summed E-state index contributed by atoms with van der Waals surface area (Å²) in [5, 5.41) is 3.41. The molecule has 0 saturated heterocycles. The summed E-state index contributed by atoms with van der Waals surface area (Å²) < 4.78 is 16.1. The SMILES string of the molecule is COc1cc(CNCc2ccccc2)cc2c1OCO2. The van der Waals surface area contributed by atoms with Gasteiger partial charge in [0.05, 0.1) is 7.11 Å². The third kappa shape index (κ3) is 2.70. The number of methoxy groups -OCH3 is 1. The van der Waals surface area contributed by atoms with Gasteiger partial charge < -0.3 is 19.5 Å². The van der Waals surface area contributed by atoms with E-state index in [-0.39, 0.29) is 6.79 Å². The van der Waals surface area contributed by atoms with Crippen LogP contribution in [-0.2, 0) is 13.1 Å². The quantitative estimate of drug-likeness (QED) is 0.907. The van der Waals surface area contributed by atoms with E-state index in [0.717, 1.165) is 30.2 Å². The van der Waals surface area contributed by atoms with Crippen molar-refractivity contribution in [3.05, 3.63) is 53.6 Å². The Morgan fingerprint density at radius 3 is 2.65 bits per heavy atom. The lowest BCUT2D eigenvalue weighted by Crippen LogP contribution is -2.12. The molecule has 3 rings (SSSR count). The van der Waals surface area contributed by atoms with E-state index in [1.165, 1.54) is 5.56 Å². The Balaban J connectivity index is 1.66. The minimum atomic E-state index is 0.257. The maximum absolute atomic E-state index is 5.42. The molecule has 1 N–H and O–H groups in total. The highest BCUT2D eigenvalue weighted by Gasteiger charge is 2.19. The molecule has 0 aromatic heterocycles. The van der Waals surface area contributed by atoms with Crippen molar-refractivity contribution >= 4 is 0 Å². The highest BCUT2D eigenvalue weighted by atomic mass is 16.7. The third-order valence-corrected chi connectivity index (χ3v) is 3.22. The van der Waals surface area contributed by atoms with Crippen molar-refractivity contribution in [1.82, 2.24) is 5.32 Å². The van der Waals surface area contributed by atoms with Crippen LogP contribution in [0.25, 0.3) is 0 Å². The molecule has 1 aliphatic rings. The number of hydrogen-bond acceptors (Lipinski definition) is 4. The van der Waals surface area contributed by atoms with Crippen LogP contribution < -0.4 is 19.5 Å². The fourth-order valence-corrected chi connectivity index (χ4v) is 2.23.